The first-order valence-corrected chi connectivity index (χ1v) is 7.46. The molecule has 1 aliphatic carbocycles. The predicted molar refractivity (Wildman–Crippen MR) is 74.3 cm³/mol. The molecular formula is C15H30N2. The van der Waals surface area contributed by atoms with Gasteiger partial charge in [0.1, 0.15) is 0 Å². The molecule has 0 N–H and O–H groups in total. The highest BCUT2D eigenvalue weighted by atomic mass is 15.3. The molecular weight excluding hydrogens is 208 g/mol. The topological polar surface area (TPSA) is 6.48 Å². The zero-order chi connectivity index (χ0) is 12.5. The summed E-state index contributed by atoms with van der Waals surface area (Å²) in [6.07, 6.45) is 5.78. The Morgan fingerprint density at radius 2 is 1.35 bits per heavy atom. The molecule has 2 nitrogen and oxygen atoms in total. The summed E-state index contributed by atoms with van der Waals surface area (Å²) in [4.78, 5) is 5.39. The first-order valence-electron chi connectivity index (χ1n) is 7.46. The highest BCUT2D eigenvalue weighted by molar-refractivity contribution is 4.86. The maximum absolute atomic E-state index is 2.76. The molecule has 0 aromatic heterocycles. The molecule has 0 amide bonds. The minimum atomic E-state index is 0.354. The molecule has 0 atom stereocenters. The van der Waals surface area contributed by atoms with Gasteiger partial charge in [0, 0.05) is 37.8 Å². The molecule has 17 heavy (non-hydrogen) atoms. The van der Waals surface area contributed by atoms with Gasteiger partial charge in [-0.1, -0.05) is 6.92 Å². The Hall–Kier alpha value is -0.0800. The van der Waals surface area contributed by atoms with Crippen LogP contribution in [0.5, 0.6) is 0 Å². The molecule has 2 aliphatic rings. The summed E-state index contributed by atoms with van der Waals surface area (Å²) in [6, 6.07) is 0.897. The van der Waals surface area contributed by atoms with E-state index in [9.17, 15) is 0 Å². The van der Waals surface area contributed by atoms with E-state index >= 15 is 0 Å². The van der Waals surface area contributed by atoms with Crippen molar-refractivity contribution in [1.82, 2.24) is 9.80 Å². The summed E-state index contributed by atoms with van der Waals surface area (Å²) < 4.78 is 0. The van der Waals surface area contributed by atoms with E-state index in [0.29, 0.717) is 5.54 Å². The fraction of sp³-hybridized carbons (Fsp3) is 1.00. The van der Waals surface area contributed by atoms with Crippen LogP contribution < -0.4 is 0 Å². The van der Waals surface area contributed by atoms with Crippen LogP contribution in [0, 0.1) is 5.92 Å². The van der Waals surface area contributed by atoms with Crippen molar-refractivity contribution in [3.05, 3.63) is 0 Å². The Kier molecular flexibility index (Phi) is 4.14. The molecule has 0 radical (unpaired) electrons. The summed E-state index contributed by atoms with van der Waals surface area (Å²) in [5.74, 6) is 0.974. The van der Waals surface area contributed by atoms with Crippen LogP contribution in [0.25, 0.3) is 0 Å². The van der Waals surface area contributed by atoms with Crippen molar-refractivity contribution in [2.45, 2.75) is 65.0 Å². The van der Waals surface area contributed by atoms with Crippen molar-refractivity contribution < 1.29 is 0 Å². The van der Waals surface area contributed by atoms with Crippen molar-refractivity contribution in [3.8, 4) is 0 Å². The van der Waals surface area contributed by atoms with Crippen LogP contribution in [0.3, 0.4) is 0 Å². The largest absolute Gasteiger partial charge is 0.298 e. The van der Waals surface area contributed by atoms with Gasteiger partial charge in [-0.2, -0.15) is 0 Å². The second-order valence-corrected chi connectivity index (χ2v) is 7.11. The Bertz CT molecular complexity index is 228. The van der Waals surface area contributed by atoms with Crippen LogP contribution in [0.2, 0.25) is 0 Å². The van der Waals surface area contributed by atoms with Crippen molar-refractivity contribution >= 4 is 0 Å². The first-order chi connectivity index (χ1) is 7.97. The van der Waals surface area contributed by atoms with Crippen molar-refractivity contribution in [1.29, 1.82) is 0 Å². The fourth-order valence-corrected chi connectivity index (χ4v) is 3.37. The predicted octanol–water partition coefficient (Wildman–Crippen LogP) is 2.98. The van der Waals surface area contributed by atoms with Gasteiger partial charge in [0.15, 0.2) is 0 Å². The highest BCUT2D eigenvalue weighted by Crippen LogP contribution is 2.28. The quantitative estimate of drug-likeness (QED) is 0.693. The van der Waals surface area contributed by atoms with Crippen LogP contribution >= 0.6 is 0 Å². The molecule has 1 saturated heterocycles. The third-order valence-corrected chi connectivity index (χ3v) is 4.76. The lowest BCUT2D eigenvalue weighted by Gasteiger charge is -2.45. The maximum atomic E-state index is 2.76. The van der Waals surface area contributed by atoms with Gasteiger partial charge >= 0.3 is 0 Å². The molecule has 100 valence electrons. The second kappa shape index (κ2) is 5.27. The smallest absolute Gasteiger partial charge is 0.0126 e. The van der Waals surface area contributed by atoms with Gasteiger partial charge in [-0.05, 0) is 52.4 Å². The van der Waals surface area contributed by atoms with Crippen LogP contribution in [0.15, 0.2) is 0 Å². The normalized spacial score (nSPS) is 33.9. The third kappa shape index (κ3) is 3.45. The van der Waals surface area contributed by atoms with E-state index < -0.39 is 0 Å². The molecule has 0 bridgehead atoms. The minimum absolute atomic E-state index is 0.354. The average molecular weight is 238 g/mol. The molecule has 1 saturated carbocycles. The van der Waals surface area contributed by atoms with Crippen molar-refractivity contribution in [2.75, 3.05) is 26.2 Å². The molecule has 2 fully saturated rings. The fourth-order valence-electron chi connectivity index (χ4n) is 3.37. The third-order valence-electron chi connectivity index (χ3n) is 4.76. The summed E-state index contributed by atoms with van der Waals surface area (Å²) in [7, 11) is 0. The van der Waals surface area contributed by atoms with Gasteiger partial charge in [0.25, 0.3) is 0 Å². The second-order valence-electron chi connectivity index (χ2n) is 7.11. The van der Waals surface area contributed by atoms with E-state index in [0.717, 1.165) is 12.0 Å². The zero-order valence-electron chi connectivity index (χ0n) is 12.2. The summed E-state index contributed by atoms with van der Waals surface area (Å²) in [5, 5.41) is 0. The lowest BCUT2D eigenvalue weighted by Crippen LogP contribution is -2.55. The van der Waals surface area contributed by atoms with Crippen LogP contribution in [-0.2, 0) is 0 Å². The van der Waals surface area contributed by atoms with Crippen LogP contribution in [-0.4, -0.2) is 47.6 Å². The molecule has 0 aromatic rings. The van der Waals surface area contributed by atoms with Crippen molar-refractivity contribution in [3.63, 3.8) is 0 Å². The molecule has 0 spiro atoms. The summed E-state index contributed by atoms with van der Waals surface area (Å²) in [5.41, 5.74) is 0.354. The standard InChI is InChI=1S/C15H30N2/c1-13-5-7-14(8-6-13)16-9-11-17(12-10-16)15(2,3)4/h13-14H,5-12H2,1-4H3. The van der Waals surface area contributed by atoms with E-state index in [-0.39, 0.29) is 0 Å². The van der Waals surface area contributed by atoms with E-state index in [2.05, 4.69) is 37.5 Å². The Labute approximate surface area is 107 Å². The van der Waals surface area contributed by atoms with Gasteiger partial charge in [0.05, 0.1) is 0 Å². The molecule has 0 aromatic carbocycles. The number of nitrogens with zero attached hydrogens (tertiary/aromatic N) is 2. The van der Waals surface area contributed by atoms with E-state index in [1.54, 1.807) is 0 Å². The number of hydrogen-bond donors (Lipinski definition) is 0. The molecule has 1 heterocycles. The Morgan fingerprint density at radius 1 is 0.824 bits per heavy atom. The van der Waals surface area contributed by atoms with Crippen LogP contribution in [0.1, 0.15) is 53.4 Å². The first kappa shape index (κ1) is 13.4. The van der Waals surface area contributed by atoms with Crippen LogP contribution in [0.4, 0.5) is 0 Å². The van der Waals surface area contributed by atoms with E-state index in [4.69, 9.17) is 0 Å². The van der Waals surface area contributed by atoms with E-state index in [1.807, 2.05) is 0 Å². The average Bonchev–Trinajstić information content (AvgIpc) is 2.29. The van der Waals surface area contributed by atoms with Gasteiger partial charge in [0.2, 0.25) is 0 Å². The lowest BCUT2D eigenvalue weighted by molar-refractivity contribution is 0.0298. The zero-order valence-corrected chi connectivity index (χ0v) is 12.2. The van der Waals surface area contributed by atoms with E-state index in [1.165, 1.54) is 51.9 Å². The molecule has 1 aliphatic heterocycles. The van der Waals surface area contributed by atoms with Gasteiger partial charge in [-0.25, -0.2) is 0 Å². The molecule has 2 rings (SSSR count). The highest BCUT2D eigenvalue weighted by Gasteiger charge is 2.30. The number of rotatable bonds is 1. The number of piperazine rings is 1. The monoisotopic (exact) mass is 238 g/mol. The Balaban J connectivity index is 1.79. The summed E-state index contributed by atoms with van der Waals surface area (Å²) >= 11 is 0. The summed E-state index contributed by atoms with van der Waals surface area (Å²) in [6.45, 7) is 14.5. The SMILES string of the molecule is CC1CCC(N2CCN(C(C)(C)C)CC2)CC1. The van der Waals surface area contributed by atoms with Gasteiger partial charge in [-0.15, -0.1) is 0 Å². The van der Waals surface area contributed by atoms with Crippen molar-refractivity contribution in [2.24, 2.45) is 5.92 Å². The minimum Gasteiger partial charge on any atom is -0.298 e. The number of hydrogen-bond acceptors (Lipinski definition) is 2. The Morgan fingerprint density at radius 3 is 1.82 bits per heavy atom. The lowest BCUT2D eigenvalue weighted by atomic mass is 9.86. The maximum Gasteiger partial charge on any atom is 0.0126 e. The van der Waals surface area contributed by atoms with Gasteiger partial charge in [-0.3, -0.25) is 9.80 Å². The molecule has 2 heteroatoms. The van der Waals surface area contributed by atoms with Gasteiger partial charge < -0.3 is 0 Å². The molecule has 0 unspecified atom stereocenters.